The van der Waals surface area contributed by atoms with Gasteiger partial charge in [0.15, 0.2) is 5.67 Å². The summed E-state index contributed by atoms with van der Waals surface area (Å²) in [6, 6.07) is 0. The van der Waals surface area contributed by atoms with E-state index in [0.717, 1.165) is 4.90 Å². The first-order chi connectivity index (χ1) is 8.01. The van der Waals surface area contributed by atoms with Gasteiger partial charge in [0.2, 0.25) is 0 Å². The van der Waals surface area contributed by atoms with Gasteiger partial charge in [-0.1, -0.05) is 0 Å². The van der Waals surface area contributed by atoms with Crippen LogP contribution in [0.5, 0.6) is 0 Å². The predicted molar refractivity (Wildman–Crippen MR) is 58.3 cm³/mol. The zero-order valence-corrected chi connectivity index (χ0v) is 10.7. The molecule has 1 aliphatic rings. The molecule has 0 bridgehead atoms. The first-order valence-corrected chi connectivity index (χ1v) is 5.66. The second-order valence-corrected chi connectivity index (χ2v) is 5.48. The number of piperidine rings is 1. The van der Waals surface area contributed by atoms with Crippen molar-refractivity contribution in [3.05, 3.63) is 0 Å². The Morgan fingerprint density at radius 2 is 1.94 bits per heavy atom. The minimum absolute atomic E-state index is 0.207. The minimum Gasteiger partial charge on any atom is -0.444 e. The third-order valence-electron chi connectivity index (χ3n) is 2.73. The summed E-state index contributed by atoms with van der Waals surface area (Å²) in [7, 11) is 0. The standard InChI is InChI=1S/C11H18F3NO3/c1-9(2,3)18-8(17)15-5-4-10(12,7-16)11(13,14)6-15/h16H,4-7H2,1-3H3. The van der Waals surface area contributed by atoms with Crippen LogP contribution in [0.25, 0.3) is 0 Å². The van der Waals surface area contributed by atoms with Gasteiger partial charge in [0.25, 0.3) is 0 Å². The van der Waals surface area contributed by atoms with E-state index in [1.807, 2.05) is 0 Å². The third-order valence-corrected chi connectivity index (χ3v) is 2.73. The number of amides is 1. The molecule has 1 fully saturated rings. The lowest BCUT2D eigenvalue weighted by Crippen LogP contribution is -2.61. The highest BCUT2D eigenvalue weighted by Gasteiger charge is 2.58. The summed E-state index contributed by atoms with van der Waals surface area (Å²) in [5, 5.41) is 8.71. The number of aliphatic hydroxyl groups is 1. The van der Waals surface area contributed by atoms with E-state index in [0.29, 0.717) is 0 Å². The average Bonchev–Trinajstić information content (AvgIpc) is 2.19. The topological polar surface area (TPSA) is 49.8 Å². The van der Waals surface area contributed by atoms with E-state index in [1.54, 1.807) is 20.8 Å². The molecule has 1 saturated heterocycles. The largest absolute Gasteiger partial charge is 0.444 e. The van der Waals surface area contributed by atoms with Gasteiger partial charge in [-0.3, -0.25) is 0 Å². The number of nitrogens with zero attached hydrogens (tertiary/aromatic N) is 1. The number of alkyl halides is 3. The van der Waals surface area contributed by atoms with Crippen LogP contribution in [0.15, 0.2) is 0 Å². The fourth-order valence-electron chi connectivity index (χ4n) is 1.63. The highest BCUT2D eigenvalue weighted by atomic mass is 19.3. The van der Waals surface area contributed by atoms with Crippen molar-refractivity contribution in [1.29, 1.82) is 0 Å². The number of likely N-dealkylation sites (tertiary alicyclic amines) is 1. The maximum absolute atomic E-state index is 13.7. The van der Waals surface area contributed by atoms with Crippen LogP contribution in [0.1, 0.15) is 27.2 Å². The fraction of sp³-hybridized carbons (Fsp3) is 0.909. The second-order valence-electron chi connectivity index (χ2n) is 5.48. The van der Waals surface area contributed by atoms with Gasteiger partial charge in [-0.25, -0.2) is 18.0 Å². The zero-order valence-electron chi connectivity index (χ0n) is 10.7. The van der Waals surface area contributed by atoms with E-state index in [1.165, 1.54) is 0 Å². The van der Waals surface area contributed by atoms with Gasteiger partial charge in [0.05, 0.1) is 13.2 Å². The quantitative estimate of drug-likeness (QED) is 0.791. The Labute approximate surface area is 104 Å². The van der Waals surface area contributed by atoms with Crippen LogP contribution < -0.4 is 0 Å². The number of aliphatic hydroxyl groups excluding tert-OH is 1. The Morgan fingerprint density at radius 1 is 1.39 bits per heavy atom. The van der Waals surface area contributed by atoms with Crippen LogP contribution >= 0.6 is 0 Å². The number of carbonyl (C=O) groups excluding carboxylic acids is 1. The highest BCUT2D eigenvalue weighted by Crippen LogP contribution is 2.39. The number of rotatable bonds is 1. The monoisotopic (exact) mass is 269 g/mol. The molecule has 0 aromatic heterocycles. The molecule has 0 aromatic rings. The van der Waals surface area contributed by atoms with Gasteiger partial charge in [0.1, 0.15) is 5.60 Å². The van der Waals surface area contributed by atoms with Crippen molar-refractivity contribution in [2.24, 2.45) is 0 Å². The zero-order chi connectivity index (χ0) is 14.2. The molecule has 1 atom stereocenters. The van der Waals surface area contributed by atoms with Gasteiger partial charge < -0.3 is 14.7 Å². The molecule has 1 aliphatic heterocycles. The SMILES string of the molecule is CC(C)(C)OC(=O)N1CCC(F)(CO)C(F)(F)C1. The van der Waals surface area contributed by atoms with Crippen molar-refractivity contribution in [3.8, 4) is 0 Å². The molecule has 1 rings (SSSR count). The van der Waals surface area contributed by atoms with Crippen molar-refractivity contribution in [2.45, 2.75) is 44.4 Å². The molecule has 18 heavy (non-hydrogen) atoms. The molecular formula is C11H18F3NO3. The van der Waals surface area contributed by atoms with E-state index in [9.17, 15) is 18.0 Å². The molecule has 1 unspecified atom stereocenters. The lowest BCUT2D eigenvalue weighted by Gasteiger charge is -2.41. The molecule has 0 saturated carbocycles. The highest BCUT2D eigenvalue weighted by molar-refractivity contribution is 5.68. The average molecular weight is 269 g/mol. The molecule has 0 aromatic carbocycles. The fourth-order valence-corrected chi connectivity index (χ4v) is 1.63. The van der Waals surface area contributed by atoms with E-state index in [2.05, 4.69) is 0 Å². The van der Waals surface area contributed by atoms with Crippen molar-refractivity contribution < 1.29 is 27.8 Å². The molecule has 0 aliphatic carbocycles. The lowest BCUT2D eigenvalue weighted by molar-refractivity contribution is -0.190. The minimum atomic E-state index is -3.78. The summed E-state index contributed by atoms with van der Waals surface area (Å²) in [5.74, 6) is -3.78. The smallest absolute Gasteiger partial charge is 0.410 e. The van der Waals surface area contributed by atoms with E-state index >= 15 is 0 Å². The summed E-state index contributed by atoms with van der Waals surface area (Å²) >= 11 is 0. The van der Waals surface area contributed by atoms with Crippen molar-refractivity contribution >= 4 is 6.09 Å². The van der Waals surface area contributed by atoms with Crippen molar-refractivity contribution in [3.63, 3.8) is 0 Å². The van der Waals surface area contributed by atoms with Gasteiger partial charge in [-0.05, 0) is 20.8 Å². The van der Waals surface area contributed by atoms with Crippen LogP contribution in [0.2, 0.25) is 0 Å². The van der Waals surface area contributed by atoms with E-state index < -0.39 is 42.9 Å². The van der Waals surface area contributed by atoms with Crippen LogP contribution in [-0.4, -0.2) is 53.0 Å². The van der Waals surface area contributed by atoms with Gasteiger partial charge >= 0.3 is 12.0 Å². The molecule has 1 heterocycles. The number of ether oxygens (including phenoxy) is 1. The molecule has 4 nitrogen and oxygen atoms in total. The number of hydrogen-bond acceptors (Lipinski definition) is 3. The molecule has 1 amide bonds. The van der Waals surface area contributed by atoms with Gasteiger partial charge in [0, 0.05) is 13.0 Å². The first kappa shape index (κ1) is 15.1. The van der Waals surface area contributed by atoms with Crippen molar-refractivity contribution in [2.75, 3.05) is 19.7 Å². The number of halogens is 3. The van der Waals surface area contributed by atoms with Crippen LogP contribution in [-0.2, 0) is 4.74 Å². The summed E-state index contributed by atoms with van der Waals surface area (Å²) < 4.78 is 45.6. The van der Waals surface area contributed by atoms with Crippen LogP contribution in [0.4, 0.5) is 18.0 Å². The summed E-state index contributed by atoms with van der Waals surface area (Å²) in [6.07, 6.45) is -1.52. The summed E-state index contributed by atoms with van der Waals surface area (Å²) in [6.45, 7) is 2.28. The molecule has 0 spiro atoms. The number of hydrogen-bond donors (Lipinski definition) is 1. The molecule has 7 heteroatoms. The van der Waals surface area contributed by atoms with Gasteiger partial charge in [-0.15, -0.1) is 0 Å². The molecule has 1 N–H and O–H groups in total. The molecule has 0 radical (unpaired) electrons. The van der Waals surface area contributed by atoms with Crippen LogP contribution in [0.3, 0.4) is 0 Å². The maximum atomic E-state index is 13.7. The second kappa shape index (κ2) is 4.60. The number of carbonyl (C=O) groups is 1. The van der Waals surface area contributed by atoms with Crippen molar-refractivity contribution in [1.82, 2.24) is 4.90 Å². The van der Waals surface area contributed by atoms with Gasteiger partial charge in [-0.2, -0.15) is 0 Å². The van der Waals surface area contributed by atoms with E-state index in [4.69, 9.17) is 9.84 Å². The van der Waals surface area contributed by atoms with Crippen LogP contribution in [0, 0.1) is 0 Å². The van der Waals surface area contributed by atoms with E-state index in [-0.39, 0.29) is 6.54 Å². The summed E-state index contributed by atoms with van der Waals surface area (Å²) in [5.41, 5.74) is -3.76. The normalized spacial score (nSPS) is 28.1. The lowest BCUT2D eigenvalue weighted by atomic mass is 9.90. The maximum Gasteiger partial charge on any atom is 0.410 e. The Hall–Kier alpha value is -0.980. The first-order valence-electron chi connectivity index (χ1n) is 5.66. The predicted octanol–water partition coefficient (Wildman–Crippen LogP) is 1.96. The summed E-state index contributed by atoms with van der Waals surface area (Å²) in [4.78, 5) is 12.3. The molecule has 106 valence electrons. The Bertz CT molecular complexity index is 330. The third kappa shape index (κ3) is 3.07. The molecular weight excluding hydrogens is 251 g/mol. The Balaban J connectivity index is 2.73. The Morgan fingerprint density at radius 3 is 2.33 bits per heavy atom. The Kier molecular flexibility index (Phi) is 3.86.